The number of aryl methyl sites for hydroxylation is 2. The van der Waals surface area contributed by atoms with Crippen LogP contribution in [0, 0.1) is 0 Å². The Morgan fingerprint density at radius 1 is 1.38 bits per heavy atom. The molecule has 1 heterocycles. The van der Waals surface area contributed by atoms with Crippen molar-refractivity contribution in [2.45, 2.75) is 64.4 Å². The lowest BCUT2D eigenvalue weighted by Gasteiger charge is -2.28. The van der Waals surface area contributed by atoms with Crippen LogP contribution in [0.1, 0.15) is 66.1 Å². The molecule has 1 N–H and O–H groups in total. The standard InChI is InChI=1S/C17H27NO2S/c1-4-8-14-13(5-2)11-15(21-14)16(19)18(3)12-17(20)9-6-7-10-17/h11,20H,4-10,12H2,1-3H3. The highest BCUT2D eigenvalue weighted by Crippen LogP contribution is 2.31. The normalized spacial score (nSPS) is 17.1. The van der Waals surface area contributed by atoms with Crippen LogP contribution in [-0.2, 0) is 12.8 Å². The van der Waals surface area contributed by atoms with E-state index in [1.165, 1.54) is 10.4 Å². The maximum Gasteiger partial charge on any atom is 0.263 e. The smallest absolute Gasteiger partial charge is 0.263 e. The van der Waals surface area contributed by atoms with Crippen LogP contribution in [0.15, 0.2) is 6.07 Å². The summed E-state index contributed by atoms with van der Waals surface area (Å²) in [5, 5.41) is 10.5. The van der Waals surface area contributed by atoms with E-state index in [0.717, 1.165) is 49.8 Å². The molecule has 0 atom stereocenters. The third kappa shape index (κ3) is 3.86. The summed E-state index contributed by atoms with van der Waals surface area (Å²) in [5.41, 5.74) is 0.639. The van der Waals surface area contributed by atoms with E-state index < -0.39 is 5.60 Å². The largest absolute Gasteiger partial charge is 0.388 e. The first kappa shape index (κ1) is 16.5. The molecule has 3 nitrogen and oxygen atoms in total. The van der Waals surface area contributed by atoms with Crippen LogP contribution in [0.3, 0.4) is 0 Å². The number of aliphatic hydroxyl groups is 1. The van der Waals surface area contributed by atoms with Crippen molar-refractivity contribution in [3.8, 4) is 0 Å². The van der Waals surface area contributed by atoms with Gasteiger partial charge in [-0.3, -0.25) is 4.79 Å². The average Bonchev–Trinajstić information content (AvgIpc) is 3.05. The Kier molecular flexibility index (Phi) is 5.44. The zero-order valence-electron chi connectivity index (χ0n) is 13.4. The molecule has 4 heteroatoms. The van der Waals surface area contributed by atoms with Crippen molar-refractivity contribution in [1.29, 1.82) is 0 Å². The zero-order chi connectivity index (χ0) is 15.5. The first-order valence-electron chi connectivity index (χ1n) is 8.08. The predicted octanol–water partition coefficient (Wildman–Crippen LogP) is 3.64. The van der Waals surface area contributed by atoms with E-state index in [4.69, 9.17) is 0 Å². The van der Waals surface area contributed by atoms with Gasteiger partial charge < -0.3 is 10.0 Å². The van der Waals surface area contributed by atoms with Gasteiger partial charge in [-0.15, -0.1) is 11.3 Å². The maximum absolute atomic E-state index is 12.6. The molecule has 0 saturated heterocycles. The quantitative estimate of drug-likeness (QED) is 0.871. The molecule has 0 radical (unpaired) electrons. The Morgan fingerprint density at radius 3 is 2.62 bits per heavy atom. The second-order valence-corrected chi connectivity index (χ2v) is 7.39. The lowest BCUT2D eigenvalue weighted by molar-refractivity contribution is 0.0158. The minimum atomic E-state index is -0.665. The van der Waals surface area contributed by atoms with E-state index in [9.17, 15) is 9.90 Å². The van der Waals surface area contributed by atoms with Crippen LogP contribution in [0.2, 0.25) is 0 Å². The van der Waals surface area contributed by atoms with Crippen LogP contribution in [0.5, 0.6) is 0 Å². The number of carbonyl (C=O) groups is 1. The molecule has 1 aromatic rings. The Morgan fingerprint density at radius 2 is 2.05 bits per heavy atom. The van der Waals surface area contributed by atoms with Crippen molar-refractivity contribution in [2.24, 2.45) is 0 Å². The van der Waals surface area contributed by atoms with E-state index in [1.807, 2.05) is 13.1 Å². The van der Waals surface area contributed by atoms with Gasteiger partial charge in [0.25, 0.3) is 5.91 Å². The summed E-state index contributed by atoms with van der Waals surface area (Å²) in [6.07, 6.45) is 6.90. The molecule has 1 fully saturated rings. The second kappa shape index (κ2) is 6.93. The van der Waals surface area contributed by atoms with Crippen molar-refractivity contribution in [1.82, 2.24) is 4.90 Å². The third-order valence-corrected chi connectivity index (χ3v) is 5.60. The van der Waals surface area contributed by atoms with Gasteiger partial charge in [0.05, 0.1) is 10.5 Å². The summed E-state index contributed by atoms with van der Waals surface area (Å²) < 4.78 is 0. The molecule has 0 spiro atoms. The number of rotatable bonds is 6. The highest BCUT2D eigenvalue weighted by molar-refractivity contribution is 7.14. The van der Waals surface area contributed by atoms with Gasteiger partial charge in [0.15, 0.2) is 0 Å². The Hall–Kier alpha value is -0.870. The third-order valence-electron chi connectivity index (χ3n) is 4.38. The highest BCUT2D eigenvalue weighted by atomic mass is 32.1. The van der Waals surface area contributed by atoms with Gasteiger partial charge in [0, 0.05) is 18.5 Å². The fourth-order valence-corrected chi connectivity index (χ4v) is 4.55. The molecular weight excluding hydrogens is 282 g/mol. The predicted molar refractivity (Wildman–Crippen MR) is 88.1 cm³/mol. The lowest BCUT2D eigenvalue weighted by atomic mass is 10.0. The number of amides is 1. The summed E-state index contributed by atoms with van der Waals surface area (Å²) in [4.78, 5) is 16.4. The highest BCUT2D eigenvalue weighted by Gasteiger charge is 2.33. The molecule has 0 aliphatic heterocycles. The van der Waals surface area contributed by atoms with Gasteiger partial charge in [-0.1, -0.05) is 33.1 Å². The molecule has 0 aromatic carbocycles. The minimum Gasteiger partial charge on any atom is -0.388 e. The number of carbonyl (C=O) groups excluding carboxylic acids is 1. The van der Waals surface area contributed by atoms with Crippen molar-refractivity contribution >= 4 is 17.2 Å². The number of likely N-dealkylation sites (N-methyl/N-ethyl adjacent to an activating group) is 1. The topological polar surface area (TPSA) is 40.5 Å². The number of nitrogens with zero attached hydrogens (tertiary/aromatic N) is 1. The molecular formula is C17H27NO2S. The molecule has 1 saturated carbocycles. The number of thiophene rings is 1. The number of hydrogen-bond donors (Lipinski definition) is 1. The van der Waals surface area contributed by atoms with E-state index >= 15 is 0 Å². The van der Waals surface area contributed by atoms with Crippen molar-refractivity contribution in [3.05, 3.63) is 21.4 Å². The average molecular weight is 309 g/mol. The molecule has 0 bridgehead atoms. The summed E-state index contributed by atoms with van der Waals surface area (Å²) >= 11 is 1.63. The van der Waals surface area contributed by atoms with Gasteiger partial charge in [0.2, 0.25) is 0 Å². The monoisotopic (exact) mass is 309 g/mol. The van der Waals surface area contributed by atoms with Crippen LogP contribution in [-0.4, -0.2) is 35.1 Å². The van der Waals surface area contributed by atoms with Crippen LogP contribution in [0.25, 0.3) is 0 Å². The molecule has 1 aliphatic carbocycles. The fraction of sp³-hybridized carbons (Fsp3) is 0.706. The Balaban J connectivity index is 2.08. The Bertz CT molecular complexity index is 489. The summed E-state index contributed by atoms with van der Waals surface area (Å²) in [6, 6.07) is 2.05. The molecule has 1 aliphatic rings. The van der Waals surface area contributed by atoms with Crippen LogP contribution < -0.4 is 0 Å². The van der Waals surface area contributed by atoms with Crippen molar-refractivity contribution < 1.29 is 9.90 Å². The first-order chi connectivity index (χ1) is 9.99. The van der Waals surface area contributed by atoms with E-state index in [0.29, 0.717) is 6.54 Å². The fourth-order valence-electron chi connectivity index (χ4n) is 3.20. The molecule has 21 heavy (non-hydrogen) atoms. The van der Waals surface area contributed by atoms with Gasteiger partial charge in [-0.05, 0) is 37.3 Å². The summed E-state index contributed by atoms with van der Waals surface area (Å²) in [7, 11) is 1.81. The zero-order valence-corrected chi connectivity index (χ0v) is 14.3. The Labute approximate surface area is 132 Å². The van der Waals surface area contributed by atoms with Gasteiger partial charge >= 0.3 is 0 Å². The molecule has 0 unspecified atom stereocenters. The van der Waals surface area contributed by atoms with Crippen molar-refractivity contribution in [3.63, 3.8) is 0 Å². The van der Waals surface area contributed by atoms with Crippen LogP contribution >= 0.6 is 11.3 Å². The van der Waals surface area contributed by atoms with Crippen LogP contribution in [0.4, 0.5) is 0 Å². The van der Waals surface area contributed by atoms with Gasteiger partial charge in [-0.2, -0.15) is 0 Å². The van der Waals surface area contributed by atoms with E-state index in [1.54, 1.807) is 16.2 Å². The SMILES string of the molecule is CCCc1sc(C(=O)N(C)CC2(O)CCCC2)cc1CC. The van der Waals surface area contributed by atoms with Gasteiger partial charge in [0.1, 0.15) is 0 Å². The molecule has 2 rings (SSSR count). The lowest BCUT2D eigenvalue weighted by Crippen LogP contribution is -2.41. The van der Waals surface area contributed by atoms with E-state index in [2.05, 4.69) is 13.8 Å². The molecule has 1 aromatic heterocycles. The summed E-state index contributed by atoms with van der Waals surface area (Å²) in [6.45, 7) is 4.76. The minimum absolute atomic E-state index is 0.0531. The van der Waals surface area contributed by atoms with E-state index in [-0.39, 0.29) is 5.91 Å². The molecule has 118 valence electrons. The maximum atomic E-state index is 12.6. The molecule has 1 amide bonds. The first-order valence-corrected chi connectivity index (χ1v) is 8.90. The second-order valence-electron chi connectivity index (χ2n) is 6.26. The number of hydrogen-bond acceptors (Lipinski definition) is 3. The van der Waals surface area contributed by atoms with Gasteiger partial charge in [-0.25, -0.2) is 0 Å². The summed E-state index contributed by atoms with van der Waals surface area (Å²) in [5.74, 6) is 0.0531. The van der Waals surface area contributed by atoms with Crippen molar-refractivity contribution in [2.75, 3.05) is 13.6 Å².